The first-order valence-corrected chi connectivity index (χ1v) is 6.97. The highest BCUT2D eigenvalue weighted by molar-refractivity contribution is 5.78. The minimum absolute atomic E-state index is 0.203. The lowest BCUT2D eigenvalue weighted by Crippen LogP contribution is -2.37. The molecule has 2 aromatic carbocycles. The topological polar surface area (TPSA) is 47.6 Å². The van der Waals surface area contributed by atoms with Crippen LogP contribution in [0.3, 0.4) is 0 Å². The monoisotopic (exact) mass is 283 g/mol. The zero-order chi connectivity index (χ0) is 14.7. The van der Waals surface area contributed by atoms with Crippen molar-refractivity contribution >= 4 is 5.97 Å². The van der Waals surface area contributed by atoms with Gasteiger partial charge in [-0.3, -0.25) is 9.63 Å². The Bertz CT molecular complexity index is 627. The third-order valence-electron chi connectivity index (χ3n) is 3.63. The number of hydroxylamine groups is 1. The number of benzene rings is 2. The van der Waals surface area contributed by atoms with Gasteiger partial charge in [-0.15, -0.1) is 0 Å². The van der Waals surface area contributed by atoms with Gasteiger partial charge in [0.1, 0.15) is 5.75 Å². The Labute approximate surface area is 123 Å². The van der Waals surface area contributed by atoms with Crippen molar-refractivity contribution < 1.29 is 14.4 Å². The second kappa shape index (κ2) is 6.08. The van der Waals surface area contributed by atoms with Crippen molar-refractivity contribution in [3.63, 3.8) is 0 Å². The molecule has 4 nitrogen and oxygen atoms in total. The van der Waals surface area contributed by atoms with E-state index in [-0.39, 0.29) is 17.9 Å². The summed E-state index contributed by atoms with van der Waals surface area (Å²) in [7, 11) is 0. The van der Waals surface area contributed by atoms with Gasteiger partial charge in [0.25, 0.3) is 0 Å². The highest BCUT2D eigenvalue weighted by Gasteiger charge is 2.34. The number of esters is 1. The van der Waals surface area contributed by atoms with Gasteiger partial charge in [0.2, 0.25) is 0 Å². The molecule has 0 spiro atoms. The minimum Gasteiger partial charge on any atom is -0.426 e. The number of ether oxygens (including phenoxy) is 1. The van der Waals surface area contributed by atoms with Crippen molar-refractivity contribution in [1.29, 1.82) is 0 Å². The predicted octanol–water partition coefficient (Wildman–Crippen LogP) is 3.00. The van der Waals surface area contributed by atoms with Crippen LogP contribution in [-0.4, -0.2) is 5.97 Å². The van der Waals surface area contributed by atoms with Crippen molar-refractivity contribution in [3.05, 3.63) is 65.7 Å². The largest absolute Gasteiger partial charge is 0.426 e. The average Bonchev–Trinajstić information content (AvgIpc) is 2.52. The van der Waals surface area contributed by atoms with Crippen molar-refractivity contribution in [2.45, 2.75) is 19.6 Å². The molecular weight excluding hydrogens is 266 g/mol. The van der Waals surface area contributed by atoms with Gasteiger partial charge in [0.05, 0.1) is 18.6 Å². The third-order valence-corrected chi connectivity index (χ3v) is 3.63. The summed E-state index contributed by atoms with van der Waals surface area (Å²) in [6.45, 7) is 2.28. The Morgan fingerprint density at radius 1 is 1.10 bits per heavy atom. The number of fused-ring (bicyclic) bond motifs is 1. The molecule has 0 saturated carbocycles. The van der Waals surface area contributed by atoms with E-state index in [1.54, 1.807) is 6.07 Å². The summed E-state index contributed by atoms with van der Waals surface area (Å²) in [5, 5.41) is 0. The van der Waals surface area contributed by atoms with Gasteiger partial charge in [0.15, 0.2) is 0 Å². The van der Waals surface area contributed by atoms with Crippen LogP contribution in [-0.2, 0) is 16.2 Å². The fourth-order valence-corrected chi connectivity index (χ4v) is 2.39. The summed E-state index contributed by atoms with van der Waals surface area (Å²) < 4.78 is 5.30. The summed E-state index contributed by atoms with van der Waals surface area (Å²) in [6.07, 6.45) is 0. The van der Waals surface area contributed by atoms with Crippen LogP contribution in [0, 0.1) is 5.92 Å². The Morgan fingerprint density at radius 2 is 1.81 bits per heavy atom. The first-order valence-electron chi connectivity index (χ1n) is 6.97. The van der Waals surface area contributed by atoms with Crippen LogP contribution in [0.25, 0.3) is 0 Å². The smallest absolute Gasteiger partial charge is 0.316 e. The summed E-state index contributed by atoms with van der Waals surface area (Å²) in [5.41, 5.74) is 5.02. The number of para-hydroxylation sites is 1. The van der Waals surface area contributed by atoms with E-state index in [4.69, 9.17) is 9.57 Å². The van der Waals surface area contributed by atoms with Crippen LogP contribution < -0.4 is 10.2 Å². The molecule has 2 aromatic rings. The molecule has 0 radical (unpaired) electrons. The summed E-state index contributed by atoms with van der Waals surface area (Å²) in [6, 6.07) is 17.2. The molecule has 0 aromatic heterocycles. The van der Waals surface area contributed by atoms with E-state index in [0.717, 1.165) is 11.1 Å². The summed E-state index contributed by atoms with van der Waals surface area (Å²) in [5.74, 6) is 0.0617. The molecule has 21 heavy (non-hydrogen) atoms. The molecule has 0 fully saturated rings. The quantitative estimate of drug-likeness (QED) is 0.532. The summed E-state index contributed by atoms with van der Waals surface area (Å²) >= 11 is 0. The molecule has 1 heterocycles. The molecule has 0 amide bonds. The molecule has 0 aliphatic carbocycles. The van der Waals surface area contributed by atoms with Crippen molar-refractivity contribution in [2.75, 3.05) is 0 Å². The van der Waals surface area contributed by atoms with Crippen molar-refractivity contribution in [1.82, 2.24) is 5.48 Å². The highest BCUT2D eigenvalue weighted by Crippen LogP contribution is 2.35. The lowest BCUT2D eigenvalue weighted by Gasteiger charge is -2.29. The van der Waals surface area contributed by atoms with Crippen LogP contribution in [0.5, 0.6) is 5.75 Å². The molecule has 108 valence electrons. The maximum atomic E-state index is 11.9. The molecule has 1 aliphatic rings. The van der Waals surface area contributed by atoms with Crippen molar-refractivity contribution in [2.24, 2.45) is 5.92 Å². The van der Waals surface area contributed by atoms with Gasteiger partial charge in [0, 0.05) is 5.56 Å². The van der Waals surface area contributed by atoms with E-state index < -0.39 is 0 Å². The molecular formula is C17H17NO3. The minimum atomic E-state index is -0.296. The number of rotatable bonds is 4. The Kier molecular flexibility index (Phi) is 3.99. The standard InChI is InChI=1S/C17H17NO3/c1-12-16(18-20-11-13-7-3-2-4-8-13)14-9-5-6-10-15(14)21-17(12)19/h2-10,12,16,18H,11H2,1H3/t12-,16-/m0/s1. The van der Waals surface area contributed by atoms with E-state index in [1.807, 2.05) is 55.5 Å². The van der Waals surface area contributed by atoms with Crippen molar-refractivity contribution in [3.8, 4) is 5.75 Å². The molecule has 2 atom stereocenters. The Morgan fingerprint density at radius 3 is 2.62 bits per heavy atom. The molecule has 3 rings (SSSR count). The molecule has 1 aliphatic heterocycles. The van der Waals surface area contributed by atoms with E-state index in [0.29, 0.717) is 12.4 Å². The zero-order valence-electron chi connectivity index (χ0n) is 11.8. The van der Waals surface area contributed by atoms with E-state index >= 15 is 0 Å². The Balaban J connectivity index is 1.70. The van der Waals surface area contributed by atoms with Gasteiger partial charge < -0.3 is 4.74 Å². The first-order chi connectivity index (χ1) is 10.3. The number of carbonyl (C=O) groups excluding carboxylic acids is 1. The molecule has 1 N–H and O–H groups in total. The van der Waals surface area contributed by atoms with Crippen LogP contribution in [0.15, 0.2) is 54.6 Å². The Hall–Kier alpha value is -2.17. The van der Waals surface area contributed by atoms with Crippen LogP contribution >= 0.6 is 0 Å². The zero-order valence-corrected chi connectivity index (χ0v) is 11.8. The number of carbonyl (C=O) groups is 1. The fraction of sp³-hybridized carbons (Fsp3) is 0.235. The SMILES string of the molecule is C[C@@H]1C(=O)Oc2ccccc2[C@H]1NOCc1ccccc1. The molecule has 0 bridgehead atoms. The van der Waals surface area contributed by atoms with Crippen LogP contribution in [0.1, 0.15) is 24.1 Å². The predicted molar refractivity (Wildman–Crippen MR) is 78.3 cm³/mol. The molecule has 0 unspecified atom stereocenters. The third kappa shape index (κ3) is 2.96. The normalized spacial score (nSPS) is 20.7. The number of hydrogen-bond donors (Lipinski definition) is 1. The second-order valence-electron chi connectivity index (χ2n) is 5.12. The molecule has 0 saturated heterocycles. The number of hydrogen-bond acceptors (Lipinski definition) is 4. The first kappa shape index (κ1) is 13.8. The summed E-state index contributed by atoms with van der Waals surface area (Å²) in [4.78, 5) is 17.5. The highest BCUT2D eigenvalue weighted by atomic mass is 16.6. The molecule has 4 heteroatoms. The van der Waals surface area contributed by atoms with Gasteiger partial charge in [-0.05, 0) is 18.6 Å². The van der Waals surface area contributed by atoms with E-state index in [9.17, 15) is 4.79 Å². The average molecular weight is 283 g/mol. The second-order valence-corrected chi connectivity index (χ2v) is 5.12. The van der Waals surface area contributed by atoms with Gasteiger partial charge in [-0.2, -0.15) is 5.48 Å². The lowest BCUT2D eigenvalue weighted by atomic mass is 9.92. The van der Waals surface area contributed by atoms with Crippen LogP contribution in [0.2, 0.25) is 0 Å². The maximum absolute atomic E-state index is 11.9. The van der Waals surface area contributed by atoms with E-state index in [2.05, 4.69) is 5.48 Å². The fourth-order valence-electron chi connectivity index (χ4n) is 2.39. The van der Waals surface area contributed by atoms with Gasteiger partial charge >= 0.3 is 5.97 Å². The van der Waals surface area contributed by atoms with Gasteiger partial charge in [-0.1, -0.05) is 48.5 Å². The maximum Gasteiger partial charge on any atom is 0.316 e. The van der Waals surface area contributed by atoms with Crippen LogP contribution in [0.4, 0.5) is 0 Å². The van der Waals surface area contributed by atoms with Gasteiger partial charge in [-0.25, -0.2) is 0 Å². The van der Waals surface area contributed by atoms with E-state index in [1.165, 1.54) is 0 Å². The number of nitrogens with one attached hydrogen (secondary N) is 1. The lowest BCUT2D eigenvalue weighted by molar-refractivity contribution is -0.143.